The van der Waals surface area contributed by atoms with Gasteiger partial charge in [0.15, 0.2) is 0 Å². The predicted molar refractivity (Wildman–Crippen MR) is 39.6 cm³/mol. The van der Waals surface area contributed by atoms with Crippen molar-refractivity contribution < 1.29 is 0 Å². The Morgan fingerprint density at radius 2 is 2.12 bits per heavy atom. The summed E-state index contributed by atoms with van der Waals surface area (Å²) in [5.41, 5.74) is 0. The molecule has 0 aliphatic heterocycles. The molecule has 1 nitrogen and oxygen atoms in total. The third-order valence-electron chi connectivity index (χ3n) is 1.34. The zero-order valence-corrected chi connectivity index (χ0v) is 6.15. The van der Waals surface area contributed by atoms with Crippen LogP contribution >= 0.6 is 0 Å². The molecule has 0 fully saturated rings. The zero-order valence-electron chi connectivity index (χ0n) is 6.15. The van der Waals surface area contributed by atoms with Gasteiger partial charge in [0.2, 0.25) is 0 Å². The van der Waals surface area contributed by atoms with Crippen LogP contribution in [0.4, 0.5) is 0 Å². The van der Waals surface area contributed by atoms with Gasteiger partial charge in [-0.15, -0.1) is 0 Å². The Kier molecular flexibility index (Phi) is 5.18. The van der Waals surface area contributed by atoms with Crippen molar-refractivity contribution >= 4 is 7.28 Å². The fourth-order valence-electron chi connectivity index (χ4n) is 0.508. The van der Waals surface area contributed by atoms with E-state index in [0.717, 1.165) is 6.54 Å². The average molecular weight is 112 g/mol. The van der Waals surface area contributed by atoms with E-state index in [-0.39, 0.29) is 0 Å². The Morgan fingerprint density at radius 1 is 1.50 bits per heavy atom. The lowest BCUT2D eigenvalue weighted by molar-refractivity contribution is 0.373. The molecule has 0 atom stereocenters. The monoisotopic (exact) mass is 112 g/mol. The van der Waals surface area contributed by atoms with Crippen LogP contribution in [0.5, 0.6) is 0 Å². The van der Waals surface area contributed by atoms with Crippen LogP contribution in [0.3, 0.4) is 0 Å². The molecule has 0 aliphatic rings. The third-order valence-corrected chi connectivity index (χ3v) is 1.34. The molecule has 0 spiro atoms. The summed E-state index contributed by atoms with van der Waals surface area (Å²) in [6, 6.07) is 0. The van der Waals surface area contributed by atoms with Crippen LogP contribution in [0.2, 0.25) is 13.1 Å². The largest absolute Gasteiger partial charge is 0.307 e. The Labute approximate surface area is 53.3 Å². The highest BCUT2D eigenvalue weighted by Gasteiger charge is 1.90. The molecule has 0 aromatic carbocycles. The van der Waals surface area contributed by atoms with Gasteiger partial charge in [-0.25, -0.2) is 0 Å². The van der Waals surface area contributed by atoms with E-state index in [2.05, 4.69) is 33.0 Å². The van der Waals surface area contributed by atoms with Gasteiger partial charge in [0, 0.05) is 0 Å². The minimum Gasteiger partial charge on any atom is -0.307 e. The molecule has 0 N–H and O–H groups in total. The molecule has 0 aliphatic carbocycles. The normalized spacial score (nSPS) is 10.0. The summed E-state index contributed by atoms with van der Waals surface area (Å²) in [6.45, 7) is 6.64. The van der Waals surface area contributed by atoms with E-state index in [1.165, 1.54) is 12.9 Å². The fourth-order valence-corrected chi connectivity index (χ4v) is 0.508. The Hall–Kier alpha value is 0.0249. The molecule has 0 aromatic rings. The van der Waals surface area contributed by atoms with E-state index < -0.39 is 0 Å². The van der Waals surface area contributed by atoms with E-state index in [1.807, 2.05) is 0 Å². The maximum absolute atomic E-state index is 2.31. The van der Waals surface area contributed by atoms with Crippen LogP contribution in [0.1, 0.15) is 6.92 Å². The highest BCUT2D eigenvalue weighted by Crippen LogP contribution is 1.84. The van der Waals surface area contributed by atoms with Gasteiger partial charge in [0.25, 0.3) is 0 Å². The van der Waals surface area contributed by atoms with Gasteiger partial charge >= 0.3 is 0 Å². The molecule has 0 bridgehead atoms. The molecule has 0 saturated carbocycles. The van der Waals surface area contributed by atoms with E-state index in [0.29, 0.717) is 0 Å². The molecule has 0 unspecified atom stereocenters. The smallest absolute Gasteiger partial charge is 0.107 e. The van der Waals surface area contributed by atoms with Crippen molar-refractivity contribution in [1.82, 2.24) is 4.90 Å². The lowest BCUT2D eigenvalue weighted by Crippen LogP contribution is -2.19. The molecular formula is C6H15BN. The number of hydrogen-bond donors (Lipinski definition) is 0. The average Bonchev–Trinajstić information content (AvgIpc) is 1.83. The summed E-state index contributed by atoms with van der Waals surface area (Å²) < 4.78 is 0. The van der Waals surface area contributed by atoms with Gasteiger partial charge in [-0.3, -0.25) is 0 Å². The van der Waals surface area contributed by atoms with E-state index in [9.17, 15) is 0 Å². The van der Waals surface area contributed by atoms with Gasteiger partial charge in [-0.2, -0.15) is 0 Å². The van der Waals surface area contributed by atoms with Crippen molar-refractivity contribution in [2.24, 2.45) is 0 Å². The van der Waals surface area contributed by atoms with E-state index >= 15 is 0 Å². The first kappa shape index (κ1) is 8.02. The van der Waals surface area contributed by atoms with E-state index in [4.69, 9.17) is 0 Å². The van der Waals surface area contributed by atoms with Crippen LogP contribution in [0.25, 0.3) is 0 Å². The topological polar surface area (TPSA) is 3.24 Å². The number of nitrogens with zero attached hydrogens (tertiary/aromatic N) is 1. The fraction of sp³-hybridized carbons (Fsp3) is 1.00. The minimum atomic E-state index is 1.16. The summed E-state index contributed by atoms with van der Waals surface area (Å²) in [5, 5.41) is 0. The molecule has 1 radical (unpaired) electrons. The number of hydrogen-bond acceptors (Lipinski definition) is 1. The molecule has 0 heterocycles. The number of rotatable bonds is 4. The van der Waals surface area contributed by atoms with Gasteiger partial charge in [-0.05, 0) is 20.1 Å². The maximum Gasteiger partial charge on any atom is 0.107 e. The Balaban J connectivity index is 2.86. The first-order valence-corrected chi connectivity index (χ1v) is 3.27. The van der Waals surface area contributed by atoms with Crippen LogP contribution in [-0.2, 0) is 0 Å². The van der Waals surface area contributed by atoms with Crippen molar-refractivity contribution in [3.63, 3.8) is 0 Å². The molecule has 2 heteroatoms. The quantitative estimate of drug-likeness (QED) is 0.492. The van der Waals surface area contributed by atoms with Crippen LogP contribution in [0.15, 0.2) is 0 Å². The standard InChI is InChI=1S/C6H15BN/c1-4-8(3)6-5-7-2/h4-6H2,1-3H3. The van der Waals surface area contributed by atoms with Gasteiger partial charge in [0.05, 0.1) is 0 Å². The second-order valence-corrected chi connectivity index (χ2v) is 2.09. The molecule has 0 saturated heterocycles. The predicted octanol–water partition coefficient (Wildman–Crippen LogP) is 1.11. The molecule has 0 aromatic heterocycles. The van der Waals surface area contributed by atoms with Crippen molar-refractivity contribution in [3.05, 3.63) is 0 Å². The SMILES string of the molecule is C[B]CCN(C)CC. The summed E-state index contributed by atoms with van der Waals surface area (Å²) in [5.74, 6) is 0. The third kappa shape index (κ3) is 4.19. The van der Waals surface area contributed by atoms with Crippen molar-refractivity contribution in [1.29, 1.82) is 0 Å². The molecule has 47 valence electrons. The van der Waals surface area contributed by atoms with Crippen molar-refractivity contribution in [2.45, 2.75) is 20.1 Å². The van der Waals surface area contributed by atoms with Crippen LogP contribution in [-0.4, -0.2) is 32.3 Å². The second-order valence-electron chi connectivity index (χ2n) is 2.09. The summed E-state index contributed by atoms with van der Waals surface area (Å²) >= 11 is 0. The molecule has 0 amide bonds. The van der Waals surface area contributed by atoms with Crippen LogP contribution in [0, 0.1) is 0 Å². The summed E-state index contributed by atoms with van der Waals surface area (Å²) in [7, 11) is 4.34. The first-order chi connectivity index (χ1) is 3.81. The van der Waals surface area contributed by atoms with E-state index in [1.54, 1.807) is 0 Å². The lowest BCUT2D eigenvalue weighted by atomic mass is 9.78. The first-order valence-electron chi connectivity index (χ1n) is 3.27. The van der Waals surface area contributed by atoms with Crippen molar-refractivity contribution in [2.75, 3.05) is 20.1 Å². The molecule has 8 heavy (non-hydrogen) atoms. The molecule has 0 rings (SSSR count). The highest BCUT2D eigenvalue weighted by atomic mass is 15.1. The summed E-state index contributed by atoms with van der Waals surface area (Å²) in [4.78, 5) is 2.31. The molecular weight excluding hydrogens is 96.9 g/mol. The van der Waals surface area contributed by atoms with Gasteiger partial charge in [0.1, 0.15) is 7.28 Å². The highest BCUT2D eigenvalue weighted by molar-refractivity contribution is 6.33. The van der Waals surface area contributed by atoms with Crippen LogP contribution < -0.4 is 0 Å². The maximum atomic E-state index is 2.31. The van der Waals surface area contributed by atoms with Gasteiger partial charge < -0.3 is 4.90 Å². The zero-order chi connectivity index (χ0) is 6.41. The van der Waals surface area contributed by atoms with Gasteiger partial charge in [-0.1, -0.05) is 20.1 Å². The minimum absolute atomic E-state index is 1.16. The Morgan fingerprint density at radius 3 is 2.50 bits per heavy atom. The van der Waals surface area contributed by atoms with Crippen molar-refractivity contribution in [3.8, 4) is 0 Å². The summed E-state index contributed by atoms with van der Waals surface area (Å²) in [6.07, 6.45) is 1.21. The second kappa shape index (κ2) is 5.17. The Bertz CT molecular complexity index is 47.8. The lowest BCUT2D eigenvalue weighted by Gasteiger charge is -2.11.